The number of aromatic nitrogens is 1. The van der Waals surface area contributed by atoms with Crippen LogP contribution < -0.4 is 5.43 Å². The minimum Gasteiger partial charge on any atom is -0.393 e. The molecule has 182 valence electrons. The lowest BCUT2D eigenvalue weighted by Gasteiger charge is -2.31. The first-order chi connectivity index (χ1) is 16.2. The van der Waals surface area contributed by atoms with Crippen molar-refractivity contribution in [1.29, 1.82) is 0 Å². The van der Waals surface area contributed by atoms with Crippen molar-refractivity contribution in [2.24, 2.45) is 16.9 Å². The average molecular weight is 462 g/mol. The van der Waals surface area contributed by atoms with Gasteiger partial charge in [0.15, 0.2) is 12.6 Å². The average Bonchev–Trinajstić information content (AvgIpc) is 3.15. The van der Waals surface area contributed by atoms with E-state index in [1.807, 2.05) is 0 Å². The second-order valence-electron chi connectivity index (χ2n) is 8.96. The third-order valence-corrected chi connectivity index (χ3v) is 6.65. The lowest BCUT2D eigenvalue weighted by atomic mass is 9.91. The molecule has 0 bridgehead atoms. The first-order valence-electron chi connectivity index (χ1n) is 12.1. The number of carbonyl (C=O) groups is 1. The Balaban J connectivity index is 1.34. The van der Waals surface area contributed by atoms with E-state index in [2.05, 4.69) is 15.5 Å². The van der Waals surface area contributed by atoms with Crippen LogP contribution in [0.2, 0.25) is 0 Å². The molecule has 2 aliphatic heterocycles. The number of hydrogen-bond acceptors (Lipinski definition) is 8. The maximum atomic E-state index is 12.2. The Morgan fingerprint density at radius 1 is 1.12 bits per heavy atom. The predicted octanol–water partition coefficient (Wildman–Crippen LogP) is 2.64. The summed E-state index contributed by atoms with van der Waals surface area (Å²) in [6.07, 6.45) is 10.8. The highest BCUT2D eigenvalue weighted by Gasteiger charge is 2.44. The summed E-state index contributed by atoms with van der Waals surface area (Å²) in [5, 5.41) is 14.9. The number of pyridine rings is 1. The summed E-state index contributed by atoms with van der Waals surface area (Å²) in [4.78, 5) is 16.1. The van der Waals surface area contributed by atoms with Crippen molar-refractivity contribution < 1.29 is 28.8 Å². The van der Waals surface area contributed by atoms with Crippen molar-refractivity contribution in [3.05, 3.63) is 30.1 Å². The predicted molar refractivity (Wildman–Crippen MR) is 120 cm³/mol. The third kappa shape index (κ3) is 7.04. The van der Waals surface area contributed by atoms with Gasteiger partial charge in [-0.3, -0.25) is 9.78 Å². The van der Waals surface area contributed by atoms with Gasteiger partial charge in [-0.05, 0) is 63.0 Å². The van der Waals surface area contributed by atoms with Crippen molar-refractivity contribution in [3.8, 4) is 0 Å². The van der Waals surface area contributed by atoms with E-state index in [9.17, 15) is 9.90 Å². The molecule has 4 rings (SSSR count). The van der Waals surface area contributed by atoms with E-state index >= 15 is 0 Å². The molecule has 1 aliphatic carbocycles. The van der Waals surface area contributed by atoms with Gasteiger partial charge in [-0.2, -0.15) is 5.10 Å². The Bertz CT molecular complexity index is 752. The number of hydrogen-bond donors (Lipinski definition) is 2. The van der Waals surface area contributed by atoms with Crippen molar-refractivity contribution in [2.75, 3.05) is 19.8 Å². The number of nitrogens with zero attached hydrogens (tertiary/aromatic N) is 2. The molecule has 2 N–H and O–H groups in total. The molecule has 0 spiro atoms. The van der Waals surface area contributed by atoms with Gasteiger partial charge in [-0.1, -0.05) is 0 Å². The minimum absolute atomic E-state index is 0.0154. The highest BCUT2D eigenvalue weighted by atomic mass is 16.7. The van der Waals surface area contributed by atoms with E-state index in [-0.39, 0.29) is 36.4 Å². The second kappa shape index (κ2) is 12.5. The van der Waals surface area contributed by atoms with Gasteiger partial charge in [0.1, 0.15) is 0 Å². The van der Waals surface area contributed by atoms with Crippen LogP contribution in [0.25, 0.3) is 0 Å². The van der Waals surface area contributed by atoms with Gasteiger partial charge in [-0.15, -0.1) is 0 Å². The Morgan fingerprint density at radius 2 is 1.85 bits per heavy atom. The number of aliphatic hydroxyl groups excluding tert-OH is 1. The largest absolute Gasteiger partial charge is 0.393 e. The van der Waals surface area contributed by atoms with Gasteiger partial charge < -0.3 is 24.1 Å². The van der Waals surface area contributed by atoms with Crippen LogP contribution in [0.4, 0.5) is 0 Å². The Hall–Kier alpha value is -1.91. The molecule has 2 saturated heterocycles. The van der Waals surface area contributed by atoms with Crippen molar-refractivity contribution in [2.45, 2.75) is 76.2 Å². The fourth-order valence-corrected chi connectivity index (χ4v) is 4.79. The van der Waals surface area contributed by atoms with E-state index in [0.717, 1.165) is 45.1 Å². The standard InChI is InChI=1S/C24H35N3O6/c28-20-15-21(33-23-6-2-4-14-31-23)19(16-32-22-5-1-3-13-30-22)18(20)9-12-26-27-24(29)17-7-10-25-11-8-17/h7-8,10-12,18-23,28H,1-6,9,13-16H2,(H,27,29)/b26-12+/t18-,19-,20+,21-,22?,23?/m1/s1. The van der Waals surface area contributed by atoms with E-state index in [1.54, 1.807) is 30.7 Å². The maximum Gasteiger partial charge on any atom is 0.271 e. The third-order valence-electron chi connectivity index (χ3n) is 6.65. The molecular formula is C24H35N3O6. The summed E-state index contributed by atoms with van der Waals surface area (Å²) in [7, 11) is 0. The Labute approximate surface area is 194 Å². The van der Waals surface area contributed by atoms with Gasteiger partial charge in [0, 0.05) is 49.7 Å². The number of aliphatic hydroxyl groups is 1. The lowest BCUT2D eigenvalue weighted by Crippen LogP contribution is -2.35. The van der Waals surface area contributed by atoms with Crippen molar-refractivity contribution in [1.82, 2.24) is 10.4 Å². The molecule has 1 amide bonds. The summed E-state index contributed by atoms with van der Waals surface area (Å²) < 4.78 is 23.9. The SMILES string of the molecule is O=C(N/N=C/C[C@@H]1[C@@H](COC2CCCCO2)[C@H](OC2CCCCO2)C[C@@H]1O)c1ccncc1. The first-order valence-corrected chi connectivity index (χ1v) is 12.1. The molecule has 3 heterocycles. The van der Waals surface area contributed by atoms with Gasteiger partial charge >= 0.3 is 0 Å². The van der Waals surface area contributed by atoms with Gasteiger partial charge in [0.2, 0.25) is 0 Å². The van der Waals surface area contributed by atoms with Gasteiger partial charge in [-0.25, -0.2) is 5.43 Å². The maximum absolute atomic E-state index is 12.2. The highest BCUT2D eigenvalue weighted by Crippen LogP contribution is 2.38. The Morgan fingerprint density at radius 3 is 2.55 bits per heavy atom. The first kappa shape index (κ1) is 24.2. The molecule has 6 atom stereocenters. The normalized spacial score (nSPS) is 32.8. The molecule has 1 aromatic heterocycles. The molecule has 33 heavy (non-hydrogen) atoms. The zero-order valence-electron chi connectivity index (χ0n) is 19.0. The fraction of sp³-hybridized carbons (Fsp3) is 0.708. The number of amides is 1. The topological polar surface area (TPSA) is 112 Å². The number of hydrazone groups is 1. The summed E-state index contributed by atoms with van der Waals surface area (Å²) >= 11 is 0. The number of ether oxygens (including phenoxy) is 4. The second-order valence-corrected chi connectivity index (χ2v) is 8.96. The molecule has 9 heteroatoms. The van der Waals surface area contributed by atoms with E-state index in [0.29, 0.717) is 31.6 Å². The summed E-state index contributed by atoms with van der Waals surface area (Å²) in [6, 6.07) is 3.25. The quantitative estimate of drug-likeness (QED) is 0.429. The molecule has 1 saturated carbocycles. The van der Waals surface area contributed by atoms with Crippen LogP contribution in [0.3, 0.4) is 0 Å². The van der Waals surface area contributed by atoms with Crippen LogP contribution in [0.1, 0.15) is 61.7 Å². The fourth-order valence-electron chi connectivity index (χ4n) is 4.79. The van der Waals surface area contributed by atoms with Crippen LogP contribution in [0, 0.1) is 11.8 Å². The van der Waals surface area contributed by atoms with Crippen LogP contribution in [0.15, 0.2) is 29.6 Å². The monoisotopic (exact) mass is 461 g/mol. The molecule has 1 aromatic rings. The van der Waals surface area contributed by atoms with Crippen molar-refractivity contribution in [3.63, 3.8) is 0 Å². The minimum atomic E-state index is -0.540. The Kier molecular flexibility index (Phi) is 9.19. The molecule has 3 fully saturated rings. The van der Waals surface area contributed by atoms with Crippen molar-refractivity contribution >= 4 is 12.1 Å². The summed E-state index contributed by atoms with van der Waals surface area (Å²) in [6.45, 7) is 1.88. The molecule has 2 unspecified atom stereocenters. The number of carbonyl (C=O) groups excluding carboxylic acids is 1. The molecule has 0 aromatic carbocycles. The summed E-state index contributed by atoms with van der Waals surface area (Å²) in [5.74, 6) is -0.409. The van der Waals surface area contributed by atoms with E-state index < -0.39 is 6.10 Å². The van der Waals surface area contributed by atoms with Crippen LogP contribution >= 0.6 is 0 Å². The van der Waals surface area contributed by atoms with Crippen LogP contribution in [-0.4, -0.2) is 66.8 Å². The number of rotatable bonds is 9. The lowest BCUT2D eigenvalue weighted by molar-refractivity contribution is -0.211. The van der Waals surface area contributed by atoms with Gasteiger partial charge in [0.05, 0.1) is 18.8 Å². The van der Waals surface area contributed by atoms with Crippen LogP contribution in [0.5, 0.6) is 0 Å². The molecular weight excluding hydrogens is 426 g/mol. The van der Waals surface area contributed by atoms with E-state index in [4.69, 9.17) is 18.9 Å². The molecule has 9 nitrogen and oxygen atoms in total. The smallest absolute Gasteiger partial charge is 0.271 e. The number of nitrogens with one attached hydrogen (secondary N) is 1. The molecule has 3 aliphatic rings. The van der Waals surface area contributed by atoms with Gasteiger partial charge in [0.25, 0.3) is 5.91 Å². The zero-order chi connectivity index (χ0) is 22.9. The van der Waals surface area contributed by atoms with E-state index in [1.165, 1.54) is 0 Å². The summed E-state index contributed by atoms with van der Waals surface area (Å²) in [5.41, 5.74) is 3.02. The molecule has 0 radical (unpaired) electrons. The highest BCUT2D eigenvalue weighted by molar-refractivity contribution is 5.94. The van der Waals surface area contributed by atoms with Crippen LogP contribution in [-0.2, 0) is 18.9 Å². The zero-order valence-corrected chi connectivity index (χ0v) is 19.0.